The van der Waals surface area contributed by atoms with Crippen LogP contribution in [0.2, 0.25) is 0 Å². The first-order valence-electron chi connectivity index (χ1n) is 27.9. The Balaban J connectivity index is 1.33. The number of carbonyl (C=O) groups excluding carboxylic acids is 6. The maximum absolute atomic E-state index is 13.7. The molecule has 0 aromatic carbocycles. The van der Waals surface area contributed by atoms with E-state index in [1.165, 1.54) is 60.3 Å². The van der Waals surface area contributed by atoms with Crippen molar-refractivity contribution in [2.45, 2.75) is 236 Å². The minimum Gasteiger partial charge on any atom is -0.459 e. The molecule has 0 aromatic rings. The molecule has 0 saturated heterocycles. The second kappa shape index (κ2) is 25.3. The molecule has 4 rings (SSSR count). The number of hydrogen-bond donors (Lipinski definition) is 2. The van der Waals surface area contributed by atoms with E-state index >= 15 is 0 Å². The number of amides is 3. The molecule has 3 fully saturated rings. The van der Waals surface area contributed by atoms with Crippen LogP contribution in [0.5, 0.6) is 0 Å². The number of fused-ring (bicyclic) bond motifs is 5. The van der Waals surface area contributed by atoms with Crippen LogP contribution in [0.4, 0.5) is 9.59 Å². The fraction of sp³-hybridized carbons (Fsp3) is 0.862. The fourth-order valence-electron chi connectivity index (χ4n) is 12.7. The minimum atomic E-state index is -1.19. The Hall–Kier alpha value is -3.88. The number of alkyl carbamates (subject to hydrolysis) is 1. The number of nitrogens with one attached hydrogen (secondary N) is 2. The van der Waals surface area contributed by atoms with E-state index in [0.29, 0.717) is 11.3 Å². The first-order chi connectivity index (χ1) is 33.6. The van der Waals surface area contributed by atoms with E-state index in [1.54, 1.807) is 83.1 Å². The molecule has 0 bridgehead atoms. The van der Waals surface area contributed by atoms with Crippen LogP contribution in [0.25, 0.3) is 0 Å². The molecule has 0 aromatic heterocycles. The van der Waals surface area contributed by atoms with Crippen molar-refractivity contribution in [2.24, 2.45) is 46.3 Å². The lowest BCUT2D eigenvalue weighted by Crippen LogP contribution is -2.51. The topological polar surface area (TPSA) is 179 Å². The van der Waals surface area contributed by atoms with Crippen molar-refractivity contribution in [2.75, 3.05) is 39.3 Å². The minimum absolute atomic E-state index is 0.0368. The number of esters is 3. The van der Waals surface area contributed by atoms with Gasteiger partial charge in [-0.05, 0) is 181 Å². The van der Waals surface area contributed by atoms with Gasteiger partial charge in [-0.2, -0.15) is 0 Å². The third-order valence-electron chi connectivity index (χ3n) is 15.8. The van der Waals surface area contributed by atoms with Crippen LogP contribution >= 0.6 is 0 Å². The smallest absolute Gasteiger partial charge is 0.410 e. The average molecular weight is 1030 g/mol. The van der Waals surface area contributed by atoms with Gasteiger partial charge in [0.2, 0.25) is 5.91 Å². The highest BCUT2D eigenvalue weighted by Gasteiger charge is 2.59. The zero-order valence-electron chi connectivity index (χ0n) is 48.5. The molecule has 0 radical (unpaired) electrons. The lowest BCUT2D eigenvalue weighted by Gasteiger charge is -2.58. The number of nitrogens with zero attached hydrogens (tertiary/aromatic N) is 2. The molecule has 0 heterocycles. The molecule has 2 N–H and O–H groups in total. The summed E-state index contributed by atoms with van der Waals surface area (Å²) in [7, 11) is 0. The van der Waals surface area contributed by atoms with Gasteiger partial charge >= 0.3 is 30.1 Å². The highest BCUT2D eigenvalue weighted by molar-refractivity contribution is 5.82. The van der Waals surface area contributed by atoms with Gasteiger partial charge in [0.05, 0.1) is 13.1 Å². The molecular formula is C58H100N4O11. The van der Waals surface area contributed by atoms with Crippen LogP contribution in [0.3, 0.4) is 0 Å². The van der Waals surface area contributed by atoms with Crippen molar-refractivity contribution in [1.82, 2.24) is 20.4 Å². The monoisotopic (exact) mass is 1030 g/mol. The number of carbonyl (C=O) groups is 6. The number of rotatable bonds is 21. The van der Waals surface area contributed by atoms with E-state index in [2.05, 4.69) is 51.3 Å². The lowest BCUT2D eigenvalue weighted by molar-refractivity contribution is -0.168. The second-order valence-electron chi connectivity index (χ2n) is 27.0. The summed E-state index contributed by atoms with van der Waals surface area (Å²) >= 11 is 0. The molecule has 418 valence electrons. The van der Waals surface area contributed by atoms with Crippen molar-refractivity contribution in [3.63, 3.8) is 0 Å². The van der Waals surface area contributed by atoms with Gasteiger partial charge in [-0.25, -0.2) is 9.59 Å². The zero-order chi connectivity index (χ0) is 54.9. The number of allylic oxidation sites excluding steroid dienone is 1. The van der Waals surface area contributed by atoms with Crippen molar-refractivity contribution < 1.29 is 52.5 Å². The highest BCUT2D eigenvalue weighted by Crippen LogP contribution is 2.67. The first kappa shape index (κ1) is 61.7. The molecule has 0 unspecified atom stereocenters. The Bertz CT molecular complexity index is 1890. The number of ether oxygens (including phenoxy) is 5. The predicted molar refractivity (Wildman–Crippen MR) is 284 cm³/mol. The summed E-state index contributed by atoms with van der Waals surface area (Å²) in [5.41, 5.74) is -1.34. The van der Waals surface area contributed by atoms with Crippen LogP contribution in [0.15, 0.2) is 11.6 Å². The molecule has 0 aliphatic heterocycles. The Morgan fingerprint density at radius 2 is 1.26 bits per heavy atom. The second-order valence-corrected chi connectivity index (χ2v) is 27.0. The third-order valence-corrected chi connectivity index (χ3v) is 15.8. The van der Waals surface area contributed by atoms with E-state index < -0.39 is 77.5 Å². The van der Waals surface area contributed by atoms with Crippen LogP contribution in [-0.2, 0) is 42.9 Å². The van der Waals surface area contributed by atoms with Gasteiger partial charge in [0.1, 0.15) is 34.6 Å². The van der Waals surface area contributed by atoms with Crippen LogP contribution < -0.4 is 10.6 Å². The van der Waals surface area contributed by atoms with Crippen LogP contribution in [-0.4, -0.2) is 120 Å². The first-order valence-corrected chi connectivity index (χ1v) is 27.9. The SMILES string of the molecule is CC(C)CCC[C@@H](C)[C@H]1CC[C@H]2[C@@H]3CC=C4C[C@@H](OC(=O)NCCN(CCNC(=O)CC[C@@H](C(=O)OC(C)(C)C)N(CC(=O)OC(C)(C)C)CC(=O)OC(C)(C)C)C(=O)OC(C)(C)C)CC[C@]4(C)[C@H]3CC[C@]12C. The average Bonchev–Trinajstić information content (AvgIpc) is 3.57. The quantitative estimate of drug-likeness (QED) is 0.0632. The van der Waals surface area contributed by atoms with Gasteiger partial charge in [0, 0.05) is 39.0 Å². The summed E-state index contributed by atoms with van der Waals surface area (Å²) < 4.78 is 28.5. The van der Waals surface area contributed by atoms with E-state index in [1.807, 2.05) is 0 Å². The molecule has 3 amide bonds. The number of hydrogen-bond acceptors (Lipinski definition) is 12. The zero-order valence-corrected chi connectivity index (χ0v) is 48.5. The molecule has 0 spiro atoms. The molecule has 15 heteroatoms. The summed E-state index contributed by atoms with van der Waals surface area (Å²) in [5, 5.41) is 5.68. The van der Waals surface area contributed by atoms with Crippen molar-refractivity contribution in [3.05, 3.63) is 11.6 Å². The van der Waals surface area contributed by atoms with E-state index in [9.17, 15) is 28.8 Å². The van der Waals surface area contributed by atoms with Gasteiger partial charge in [0.15, 0.2) is 0 Å². The normalized spacial score (nSPS) is 26.0. The molecule has 4 aliphatic carbocycles. The molecular weight excluding hydrogens is 929 g/mol. The predicted octanol–water partition coefficient (Wildman–Crippen LogP) is 11.0. The van der Waals surface area contributed by atoms with Gasteiger partial charge in [-0.15, -0.1) is 0 Å². The Morgan fingerprint density at radius 3 is 1.82 bits per heavy atom. The lowest BCUT2D eigenvalue weighted by atomic mass is 9.47. The van der Waals surface area contributed by atoms with Crippen LogP contribution in [0, 0.1) is 46.3 Å². The van der Waals surface area contributed by atoms with Gasteiger partial charge in [0.25, 0.3) is 0 Å². The van der Waals surface area contributed by atoms with Crippen molar-refractivity contribution in [1.29, 1.82) is 0 Å². The fourth-order valence-corrected chi connectivity index (χ4v) is 12.7. The highest BCUT2D eigenvalue weighted by atomic mass is 16.6. The largest absolute Gasteiger partial charge is 0.459 e. The Labute approximate surface area is 440 Å². The Kier molecular flexibility index (Phi) is 21.4. The van der Waals surface area contributed by atoms with E-state index in [0.717, 1.165) is 55.3 Å². The molecule has 73 heavy (non-hydrogen) atoms. The maximum atomic E-state index is 13.7. The van der Waals surface area contributed by atoms with Gasteiger partial charge in [-0.1, -0.05) is 65.5 Å². The standard InChI is InChI=1S/C58H100N4O11/c1-38(2)19-18-20-39(3)43-23-24-44-42-22-21-40-35-41(27-29-57(40,16)45(42)28-30-58(43,44)17)69-51(67)60-32-34-61(52(68)73-56(13,14)15)33-31-59-47(63)26-25-46(50(66)72-55(10,11)12)62(36-48(64)70-53(4,5)6)37-49(65)71-54(7,8)9/h21,38-39,41-46H,18-20,22-37H2,1-17H3,(H,59,63)(H,60,67)/t39-,41+,42+,43-,44+,45+,46+,57+,58-/m1/s1. The third kappa shape index (κ3) is 19.0. The van der Waals surface area contributed by atoms with E-state index in [-0.39, 0.29) is 50.5 Å². The molecule has 4 aliphatic rings. The molecule has 9 atom stereocenters. The maximum Gasteiger partial charge on any atom is 0.410 e. The Morgan fingerprint density at radius 1 is 0.685 bits per heavy atom. The van der Waals surface area contributed by atoms with Crippen molar-refractivity contribution >= 4 is 36.0 Å². The van der Waals surface area contributed by atoms with Gasteiger partial charge < -0.3 is 39.2 Å². The summed E-state index contributed by atoms with van der Waals surface area (Å²) in [6.07, 6.45) is 13.9. The van der Waals surface area contributed by atoms with Gasteiger partial charge in [-0.3, -0.25) is 24.1 Å². The molecule has 15 nitrogen and oxygen atoms in total. The summed E-state index contributed by atoms with van der Waals surface area (Å²) in [6, 6.07) is -1.19. The summed E-state index contributed by atoms with van der Waals surface area (Å²) in [4.78, 5) is 82.8. The van der Waals surface area contributed by atoms with Crippen molar-refractivity contribution in [3.8, 4) is 0 Å². The van der Waals surface area contributed by atoms with E-state index in [4.69, 9.17) is 23.7 Å². The van der Waals surface area contributed by atoms with Crippen LogP contribution in [0.1, 0.15) is 201 Å². The summed E-state index contributed by atoms with van der Waals surface area (Å²) in [5.74, 6) is 2.06. The molecule has 3 saturated carbocycles. The summed E-state index contributed by atoms with van der Waals surface area (Å²) in [6.45, 7) is 32.4.